The van der Waals surface area contributed by atoms with E-state index in [0.717, 1.165) is 0 Å². The second-order valence-electron chi connectivity index (χ2n) is 3.56. The summed E-state index contributed by atoms with van der Waals surface area (Å²) < 4.78 is 0. The molecule has 0 aromatic carbocycles. The van der Waals surface area contributed by atoms with Gasteiger partial charge in [-0.2, -0.15) is 0 Å². The van der Waals surface area contributed by atoms with Gasteiger partial charge in [0.2, 0.25) is 0 Å². The maximum absolute atomic E-state index is 10.5. The molecule has 0 saturated carbocycles. The van der Waals surface area contributed by atoms with E-state index in [4.69, 9.17) is 10.2 Å². The van der Waals surface area contributed by atoms with E-state index in [9.17, 15) is 9.59 Å². The van der Waals surface area contributed by atoms with Crippen molar-refractivity contribution in [1.29, 1.82) is 0 Å². The van der Waals surface area contributed by atoms with E-state index >= 15 is 0 Å². The SMILES string of the molecule is C/C(=C\CC(C)/C=C(\C)C(=O)O)C(=O)O. The molecule has 84 valence electrons. The van der Waals surface area contributed by atoms with Crippen molar-refractivity contribution < 1.29 is 19.8 Å². The topological polar surface area (TPSA) is 74.6 Å². The third-order valence-corrected chi connectivity index (χ3v) is 2.01. The van der Waals surface area contributed by atoms with Gasteiger partial charge >= 0.3 is 11.9 Å². The van der Waals surface area contributed by atoms with Gasteiger partial charge in [-0.05, 0) is 26.2 Å². The maximum atomic E-state index is 10.5. The van der Waals surface area contributed by atoms with Gasteiger partial charge < -0.3 is 10.2 Å². The third kappa shape index (κ3) is 5.67. The van der Waals surface area contributed by atoms with Gasteiger partial charge in [-0.25, -0.2) is 9.59 Å². The van der Waals surface area contributed by atoms with Gasteiger partial charge in [0.25, 0.3) is 0 Å². The molecule has 0 heterocycles. The Bertz CT molecular complexity index is 313. The number of aliphatic carboxylic acids is 2. The first-order valence-electron chi connectivity index (χ1n) is 4.66. The fourth-order valence-corrected chi connectivity index (χ4v) is 1.02. The predicted octanol–water partition coefficient (Wildman–Crippen LogP) is 2.07. The molecule has 0 aromatic rings. The molecule has 15 heavy (non-hydrogen) atoms. The van der Waals surface area contributed by atoms with Crippen LogP contribution in [0.4, 0.5) is 0 Å². The second-order valence-corrected chi connectivity index (χ2v) is 3.56. The Kier molecular flexibility index (Phi) is 5.37. The summed E-state index contributed by atoms with van der Waals surface area (Å²) in [7, 11) is 0. The smallest absolute Gasteiger partial charge is 0.330 e. The molecule has 0 amide bonds. The number of hydrogen-bond donors (Lipinski definition) is 2. The number of carbonyl (C=O) groups is 2. The van der Waals surface area contributed by atoms with Crippen molar-refractivity contribution in [3.63, 3.8) is 0 Å². The van der Waals surface area contributed by atoms with Crippen LogP contribution in [0.3, 0.4) is 0 Å². The van der Waals surface area contributed by atoms with Crippen LogP contribution in [0.15, 0.2) is 23.3 Å². The molecule has 2 N–H and O–H groups in total. The lowest BCUT2D eigenvalue weighted by Gasteiger charge is -2.03. The van der Waals surface area contributed by atoms with E-state index < -0.39 is 11.9 Å². The van der Waals surface area contributed by atoms with Gasteiger partial charge in [-0.3, -0.25) is 0 Å². The standard InChI is InChI=1S/C11H16O4/c1-7(6-9(3)11(14)15)4-5-8(2)10(12)13/h5-7H,4H2,1-3H3,(H,12,13)(H,14,15)/b8-5+,9-6+. The number of allylic oxidation sites excluding steroid dienone is 2. The van der Waals surface area contributed by atoms with Gasteiger partial charge in [0, 0.05) is 11.1 Å². The quantitative estimate of drug-likeness (QED) is 0.684. The summed E-state index contributed by atoms with van der Waals surface area (Å²) in [5.41, 5.74) is 0.562. The molecule has 0 aliphatic heterocycles. The lowest BCUT2D eigenvalue weighted by molar-refractivity contribution is -0.133. The number of carboxylic acids is 2. The Balaban J connectivity index is 4.34. The zero-order valence-electron chi connectivity index (χ0n) is 9.15. The Morgan fingerprint density at radius 1 is 1.13 bits per heavy atom. The molecule has 0 rings (SSSR count). The normalized spacial score (nSPS) is 14.9. The van der Waals surface area contributed by atoms with Crippen LogP contribution >= 0.6 is 0 Å². The number of hydrogen-bond acceptors (Lipinski definition) is 2. The average Bonchev–Trinajstić information content (AvgIpc) is 2.13. The zero-order chi connectivity index (χ0) is 12.0. The second kappa shape index (κ2) is 6.01. The molecule has 0 saturated heterocycles. The summed E-state index contributed by atoms with van der Waals surface area (Å²) in [6.07, 6.45) is 3.75. The molecule has 0 radical (unpaired) electrons. The van der Waals surface area contributed by atoms with Crippen molar-refractivity contribution in [1.82, 2.24) is 0 Å². The summed E-state index contributed by atoms with van der Waals surface area (Å²) in [6.45, 7) is 4.88. The Labute approximate surface area is 88.9 Å². The van der Waals surface area contributed by atoms with Crippen LogP contribution in [0.25, 0.3) is 0 Å². The number of carboxylic acid groups (broad SMARTS) is 2. The summed E-state index contributed by atoms with van der Waals surface area (Å²) in [6, 6.07) is 0. The van der Waals surface area contributed by atoms with Gasteiger partial charge in [-0.15, -0.1) is 0 Å². The van der Waals surface area contributed by atoms with Crippen molar-refractivity contribution >= 4 is 11.9 Å². The largest absolute Gasteiger partial charge is 0.478 e. The van der Waals surface area contributed by atoms with E-state index in [1.807, 2.05) is 6.92 Å². The highest BCUT2D eigenvalue weighted by Crippen LogP contribution is 2.10. The van der Waals surface area contributed by atoms with Crippen molar-refractivity contribution in [2.24, 2.45) is 5.92 Å². The fourth-order valence-electron chi connectivity index (χ4n) is 1.02. The minimum absolute atomic E-state index is 0.0235. The highest BCUT2D eigenvalue weighted by molar-refractivity contribution is 5.86. The van der Waals surface area contributed by atoms with Crippen molar-refractivity contribution in [2.75, 3.05) is 0 Å². The molecule has 0 aliphatic carbocycles. The average molecular weight is 212 g/mol. The van der Waals surface area contributed by atoms with Gasteiger partial charge in [0.1, 0.15) is 0 Å². The van der Waals surface area contributed by atoms with Crippen molar-refractivity contribution in [2.45, 2.75) is 27.2 Å². The molecule has 1 atom stereocenters. The van der Waals surface area contributed by atoms with Crippen LogP contribution in [0, 0.1) is 5.92 Å². The predicted molar refractivity (Wildman–Crippen MR) is 56.6 cm³/mol. The van der Waals surface area contributed by atoms with E-state index in [1.165, 1.54) is 13.8 Å². The van der Waals surface area contributed by atoms with E-state index in [0.29, 0.717) is 6.42 Å². The zero-order valence-corrected chi connectivity index (χ0v) is 9.15. The molecule has 4 nitrogen and oxygen atoms in total. The Morgan fingerprint density at radius 3 is 2.00 bits per heavy atom. The number of rotatable bonds is 5. The van der Waals surface area contributed by atoms with Crippen LogP contribution in [0.1, 0.15) is 27.2 Å². The van der Waals surface area contributed by atoms with Crippen LogP contribution in [0.5, 0.6) is 0 Å². The minimum Gasteiger partial charge on any atom is -0.478 e. The summed E-state index contributed by atoms with van der Waals surface area (Å²) in [5.74, 6) is -1.86. The summed E-state index contributed by atoms with van der Waals surface area (Å²) in [4.78, 5) is 21.0. The highest BCUT2D eigenvalue weighted by atomic mass is 16.4. The molecule has 0 spiro atoms. The first kappa shape index (κ1) is 13.4. The van der Waals surface area contributed by atoms with Crippen LogP contribution in [-0.2, 0) is 9.59 Å². The van der Waals surface area contributed by atoms with Crippen LogP contribution in [-0.4, -0.2) is 22.2 Å². The van der Waals surface area contributed by atoms with E-state index in [-0.39, 0.29) is 17.1 Å². The lowest BCUT2D eigenvalue weighted by atomic mass is 10.0. The summed E-state index contributed by atoms with van der Waals surface area (Å²) in [5, 5.41) is 17.2. The van der Waals surface area contributed by atoms with Crippen molar-refractivity contribution in [3.05, 3.63) is 23.3 Å². The third-order valence-electron chi connectivity index (χ3n) is 2.01. The minimum atomic E-state index is -0.944. The Morgan fingerprint density at radius 2 is 1.60 bits per heavy atom. The molecule has 4 heteroatoms. The first-order chi connectivity index (χ1) is 6.84. The lowest BCUT2D eigenvalue weighted by Crippen LogP contribution is -2.00. The Hall–Kier alpha value is -1.58. The molecule has 0 bridgehead atoms. The van der Waals surface area contributed by atoms with Crippen LogP contribution < -0.4 is 0 Å². The van der Waals surface area contributed by atoms with Gasteiger partial charge in [-0.1, -0.05) is 19.1 Å². The van der Waals surface area contributed by atoms with E-state index in [2.05, 4.69) is 0 Å². The highest BCUT2D eigenvalue weighted by Gasteiger charge is 2.04. The molecule has 1 unspecified atom stereocenters. The monoisotopic (exact) mass is 212 g/mol. The van der Waals surface area contributed by atoms with Crippen LogP contribution in [0.2, 0.25) is 0 Å². The molecular formula is C11H16O4. The molecule has 0 aliphatic rings. The molecular weight excluding hydrogens is 196 g/mol. The first-order valence-corrected chi connectivity index (χ1v) is 4.66. The van der Waals surface area contributed by atoms with Gasteiger partial charge in [0.15, 0.2) is 0 Å². The molecule has 0 fully saturated rings. The van der Waals surface area contributed by atoms with Gasteiger partial charge in [0.05, 0.1) is 0 Å². The van der Waals surface area contributed by atoms with Crippen molar-refractivity contribution in [3.8, 4) is 0 Å². The summed E-state index contributed by atoms with van der Waals surface area (Å²) >= 11 is 0. The molecule has 0 aromatic heterocycles. The fraction of sp³-hybridized carbons (Fsp3) is 0.455. The van der Waals surface area contributed by atoms with E-state index in [1.54, 1.807) is 12.2 Å². The maximum Gasteiger partial charge on any atom is 0.330 e.